The molecule has 2 saturated carbocycles. The second-order valence-electron chi connectivity index (χ2n) is 6.94. The smallest absolute Gasteiger partial charge is 0.124 e. The predicted octanol–water partition coefficient (Wildman–Crippen LogP) is 3.24. The summed E-state index contributed by atoms with van der Waals surface area (Å²) in [6.07, 6.45) is 7.64. The molecule has 2 aliphatic rings. The summed E-state index contributed by atoms with van der Waals surface area (Å²) in [7, 11) is 0. The van der Waals surface area contributed by atoms with Crippen LogP contribution in [0, 0.1) is 28.6 Å². The first-order chi connectivity index (χ1) is 7.95. The minimum atomic E-state index is -0.0571. The molecule has 0 radical (unpaired) electrons. The molecule has 2 aliphatic carbocycles. The minimum absolute atomic E-state index is 0.0392. The highest BCUT2D eigenvalue weighted by molar-refractivity contribution is 5.66. The highest BCUT2D eigenvalue weighted by atomic mass is 16.1. The monoisotopic (exact) mass is 236 g/mol. The van der Waals surface area contributed by atoms with E-state index >= 15 is 0 Å². The van der Waals surface area contributed by atoms with Gasteiger partial charge in [-0.3, -0.25) is 0 Å². The van der Waals surface area contributed by atoms with Crippen LogP contribution in [-0.4, -0.2) is 12.6 Å². The maximum atomic E-state index is 11.4. The third-order valence-electron chi connectivity index (χ3n) is 5.61. The Kier molecular flexibility index (Phi) is 3.17. The molecule has 0 aliphatic heterocycles. The standard InChI is InChI=1S/C15H24O2/c1-14(2)7-4-8-15(3)12(10-17)11(9-16)5-6-13(14)15/h9-13H,4-8H2,1-3H3/t11-,12+,13+,15-/m1/s1. The molecule has 2 nitrogen and oxygen atoms in total. The molecule has 0 aromatic rings. The lowest BCUT2D eigenvalue weighted by atomic mass is 9.47. The molecule has 0 unspecified atom stereocenters. The third-order valence-corrected chi connectivity index (χ3v) is 5.61. The molecule has 17 heavy (non-hydrogen) atoms. The van der Waals surface area contributed by atoms with Crippen LogP contribution in [0.4, 0.5) is 0 Å². The molecule has 2 rings (SSSR count). The lowest BCUT2D eigenvalue weighted by Crippen LogP contribution is -2.52. The average molecular weight is 236 g/mol. The van der Waals surface area contributed by atoms with Crippen molar-refractivity contribution in [2.45, 2.75) is 52.9 Å². The number of fused-ring (bicyclic) bond motifs is 1. The Balaban J connectivity index is 2.36. The van der Waals surface area contributed by atoms with Crippen LogP contribution in [0.25, 0.3) is 0 Å². The lowest BCUT2D eigenvalue weighted by Gasteiger charge is -2.57. The van der Waals surface area contributed by atoms with Gasteiger partial charge in [-0.25, -0.2) is 0 Å². The molecule has 0 bridgehead atoms. The Labute approximate surface area is 104 Å². The summed E-state index contributed by atoms with van der Waals surface area (Å²) in [4.78, 5) is 22.6. The molecule has 0 aromatic heterocycles. The number of hydrogen-bond acceptors (Lipinski definition) is 2. The molecular weight excluding hydrogens is 212 g/mol. The van der Waals surface area contributed by atoms with Gasteiger partial charge in [0.05, 0.1) is 0 Å². The molecule has 0 amide bonds. The Morgan fingerprint density at radius 3 is 2.29 bits per heavy atom. The Bertz CT molecular complexity index is 321. The maximum absolute atomic E-state index is 11.4. The highest BCUT2D eigenvalue weighted by Crippen LogP contribution is 2.60. The fraction of sp³-hybridized carbons (Fsp3) is 0.867. The van der Waals surface area contributed by atoms with Crippen molar-refractivity contribution in [1.29, 1.82) is 0 Å². The van der Waals surface area contributed by atoms with Crippen LogP contribution in [0.2, 0.25) is 0 Å². The van der Waals surface area contributed by atoms with Crippen molar-refractivity contribution in [3.8, 4) is 0 Å². The van der Waals surface area contributed by atoms with Gasteiger partial charge in [-0.15, -0.1) is 0 Å². The fourth-order valence-electron chi connectivity index (χ4n) is 4.72. The van der Waals surface area contributed by atoms with E-state index in [1.165, 1.54) is 12.8 Å². The summed E-state index contributed by atoms with van der Waals surface area (Å²) in [6.45, 7) is 6.91. The second-order valence-corrected chi connectivity index (χ2v) is 6.94. The molecule has 0 aromatic carbocycles. The van der Waals surface area contributed by atoms with Gasteiger partial charge in [0.15, 0.2) is 0 Å². The van der Waals surface area contributed by atoms with Crippen molar-refractivity contribution in [3.63, 3.8) is 0 Å². The van der Waals surface area contributed by atoms with Crippen LogP contribution in [0.3, 0.4) is 0 Å². The van der Waals surface area contributed by atoms with Gasteiger partial charge >= 0.3 is 0 Å². The first kappa shape index (κ1) is 12.8. The molecule has 2 heteroatoms. The maximum Gasteiger partial charge on any atom is 0.124 e. The molecule has 4 atom stereocenters. The lowest BCUT2D eigenvalue weighted by molar-refractivity contribution is -0.140. The summed E-state index contributed by atoms with van der Waals surface area (Å²) in [6, 6.07) is 0. The van der Waals surface area contributed by atoms with E-state index in [4.69, 9.17) is 0 Å². The number of hydrogen-bond donors (Lipinski definition) is 0. The van der Waals surface area contributed by atoms with Crippen molar-refractivity contribution in [2.75, 3.05) is 0 Å². The van der Waals surface area contributed by atoms with E-state index in [9.17, 15) is 9.59 Å². The predicted molar refractivity (Wildman–Crippen MR) is 67.6 cm³/mol. The second kappa shape index (κ2) is 4.22. The number of rotatable bonds is 2. The van der Waals surface area contributed by atoms with Crippen LogP contribution in [0.15, 0.2) is 0 Å². The van der Waals surface area contributed by atoms with Crippen LogP contribution in [0.1, 0.15) is 52.9 Å². The van der Waals surface area contributed by atoms with Gasteiger partial charge < -0.3 is 9.59 Å². The first-order valence-corrected chi connectivity index (χ1v) is 6.86. The Hall–Kier alpha value is -0.660. The summed E-state index contributed by atoms with van der Waals surface area (Å²) < 4.78 is 0. The summed E-state index contributed by atoms with van der Waals surface area (Å²) in [5, 5.41) is 0. The van der Waals surface area contributed by atoms with Gasteiger partial charge in [-0.2, -0.15) is 0 Å². The van der Waals surface area contributed by atoms with Crippen LogP contribution < -0.4 is 0 Å². The molecule has 2 fully saturated rings. The van der Waals surface area contributed by atoms with Crippen molar-refractivity contribution in [2.24, 2.45) is 28.6 Å². The van der Waals surface area contributed by atoms with Gasteiger partial charge in [-0.1, -0.05) is 27.2 Å². The molecule has 0 spiro atoms. The van der Waals surface area contributed by atoms with Crippen molar-refractivity contribution < 1.29 is 9.59 Å². The highest BCUT2D eigenvalue weighted by Gasteiger charge is 2.54. The van der Waals surface area contributed by atoms with Crippen LogP contribution >= 0.6 is 0 Å². The normalized spacial score (nSPS) is 44.8. The van der Waals surface area contributed by atoms with E-state index in [-0.39, 0.29) is 17.3 Å². The van der Waals surface area contributed by atoms with Crippen LogP contribution in [-0.2, 0) is 9.59 Å². The van der Waals surface area contributed by atoms with Crippen molar-refractivity contribution in [1.82, 2.24) is 0 Å². The summed E-state index contributed by atoms with van der Waals surface area (Å²) in [5.41, 5.74) is 0.370. The fourth-order valence-corrected chi connectivity index (χ4v) is 4.72. The van der Waals surface area contributed by atoms with Crippen molar-refractivity contribution >= 4 is 12.6 Å². The van der Waals surface area contributed by atoms with E-state index in [1.807, 2.05) is 0 Å². The summed E-state index contributed by atoms with van der Waals surface area (Å²) >= 11 is 0. The van der Waals surface area contributed by atoms with E-state index in [2.05, 4.69) is 20.8 Å². The molecular formula is C15H24O2. The molecule has 96 valence electrons. The number of aldehydes is 2. The quantitative estimate of drug-likeness (QED) is 0.690. The SMILES string of the molecule is CC1(C)CCC[C@]2(C)[C@@H](C=O)[C@@H](C=O)CC[C@@H]12. The van der Waals surface area contributed by atoms with E-state index in [0.717, 1.165) is 31.8 Å². The van der Waals surface area contributed by atoms with Gasteiger partial charge in [0.25, 0.3) is 0 Å². The van der Waals surface area contributed by atoms with Gasteiger partial charge in [0.1, 0.15) is 12.6 Å². The Morgan fingerprint density at radius 1 is 1.00 bits per heavy atom. The van der Waals surface area contributed by atoms with E-state index in [0.29, 0.717) is 11.3 Å². The first-order valence-electron chi connectivity index (χ1n) is 6.86. The van der Waals surface area contributed by atoms with Gasteiger partial charge in [-0.05, 0) is 42.4 Å². The van der Waals surface area contributed by atoms with Crippen molar-refractivity contribution in [3.05, 3.63) is 0 Å². The zero-order chi connectivity index (χ0) is 12.7. The van der Waals surface area contributed by atoms with Gasteiger partial charge in [0, 0.05) is 11.8 Å². The number of carbonyl (C=O) groups excluding carboxylic acids is 2. The average Bonchev–Trinajstić information content (AvgIpc) is 2.26. The molecule has 0 N–H and O–H groups in total. The van der Waals surface area contributed by atoms with Gasteiger partial charge in [0.2, 0.25) is 0 Å². The molecule has 0 heterocycles. The van der Waals surface area contributed by atoms with E-state index < -0.39 is 0 Å². The topological polar surface area (TPSA) is 34.1 Å². The molecule has 0 saturated heterocycles. The largest absolute Gasteiger partial charge is 0.303 e. The number of carbonyl (C=O) groups is 2. The minimum Gasteiger partial charge on any atom is -0.303 e. The van der Waals surface area contributed by atoms with E-state index in [1.54, 1.807) is 0 Å². The zero-order valence-electron chi connectivity index (χ0n) is 11.2. The zero-order valence-corrected chi connectivity index (χ0v) is 11.2. The third kappa shape index (κ3) is 1.86. The summed E-state index contributed by atoms with van der Waals surface area (Å²) in [5.74, 6) is 0.496. The van der Waals surface area contributed by atoms with Crippen LogP contribution in [0.5, 0.6) is 0 Å². The Morgan fingerprint density at radius 2 is 1.71 bits per heavy atom.